The third kappa shape index (κ3) is 4.05. The van der Waals surface area contributed by atoms with E-state index in [0.29, 0.717) is 12.3 Å². The smallest absolute Gasteiger partial charge is 0.119 e. The molecule has 1 heterocycles. The zero-order valence-electron chi connectivity index (χ0n) is 10.7. The van der Waals surface area contributed by atoms with Gasteiger partial charge in [0.2, 0.25) is 0 Å². The number of hydrogen-bond donors (Lipinski definition) is 0. The van der Waals surface area contributed by atoms with Gasteiger partial charge in [-0.2, -0.15) is 5.26 Å². The van der Waals surface area contributed by atoms with Crippen LogP contribution in [0.15, 0.2) is 30.3 Å². The second-order valence-electron chi connectivity index (χ2n) is 4.84. The summed E-state index contributed by atoms with van der Waals surface area (Å²) in [5.41, 5.74) is 0. The highest BCUT2D eigenvalue weighted by Gasteiger charge is 2.19. The van der Waals surface area contributed by atoms with Crippen LogP contribution in [0.5, 0.6) is 5.75 Å². The van der Waals surface area contributed by atoms with Gasteiger partial charge < -0.3 is 9.64 Å². The van der Waals surface area contributed by atoms with Crippen LogP contribution >= 0.6 is 0 Å². The first-order chi connectivity index (χ1) is 8.88. The Hall–Kier alpha value is -1.53. The second kappa shape index (κ2) is 7.03. The van der Waals surface area contributed by atoms with Gasteiger partial charge in [-0.3, -0.25) is 0 Å². The van der Waals surface area contributed by atoms with Crippen molar-refractivity contribution in [1.82, 2.24) is 4.90 Å². The van der Waals surface area contributed by atoms with E-state index in [1.54, 1.807) is 0 Å². The van der Waals surface area contributed by atoms with Crippen molar-refractivity contribution >= 4 is 0 Å². The standard InChI is InChI=1S/C15H20N2O/c16-9-5-11-17-10-4-6-14(12-17)13-18-15-7-2-1-3-8-15/h1-3,7-8,14H,4-6,10-13H2. The number of rotatable bonds is 5. The highest BCUT2D eigenvalue weighted by Crippen LogP contribution is 2.18. The summed E-state index contributed by atoms with van der Waals surface area (Å²) < 4.78 is 5.81. The maximum atomic E-state index is 8.61. The van der Waals surface area contributed by atoms with Crippen molar-refractivity contribution in [3.63, 3.8) is 0 Å². The Morgan fingerprint density at radius 2 is 2.17 bits per heavy atom. The summed E-state index contributed by atoms with van der Waals surface area (Å²) in [7, 11) is 0. The molecule has 96 valence electrons. The number of para-hydroxylation sites is 1. The normalized spacial score (nSPS) is 20.3. The van der Waals surface area contributed by atoms with Crippen molar-refractivity contribution in [2.45, 2.75) is 19.3 Å². The van der Waals surface area contributed by atoms with E-state index in [0.717, 1.165) is 32.0 Å². The van der Waals surface area contributed by atoms with Crippen molar-refractivity contribution in [2.75, 3.05) is 26.2 Å². The van der Waals surface area contributed by atoms with E-state index in [2.05, 4.69) is 11.0 Å². The van der Waals surface area contributed by atoms with Crippen molar-refractivity contribution in [2.24, 2.45) is 5.92 Å². The molecule has 0 saturated carbocycles. The molecule has 1 unspecified atom stereocenters. The maximum Gasteiger partial charge on any atom is 0.119 e. The highest BCUT2D eigenvalue weighted by atomic mass is 16.5. The van der Waals surface area contributed by atoms with E-state index in [1.807, 2.05) is 30.3 Å². The summed E-state index contributed by atoms with van der Waals surface area (Å²) in [5, 5.41) is 8.61. The van der Waals surface area contributed by atoms with E-state index in [1.165, 1.54) is 12.8 Å². The molecule has 1 aliphatic heterocycles. The average Bonchev–Trinajstić information content (AvgIpc) is 2.44. The zero-order valence-corrected chi connectivity index (χ0v) is 10.7. The predicted octanol–water partition coefficient (Wildman–Crippen LogP) is 2.69. The number of likely N-dealkylation sites (tertiary alicyclic amines) is 1. The molecular formula is C15H20N2O. The van der Waals surface area contributed by atoms with Gasteiger partial charge in [0.15, 0.2) is 0 Å². The van der Waals surface area contributed by atoms with E-state index in [9.17, 15) is 0 Å². The van der Waals surface area contributed by atoms with Crippen LogP contribution in [0.25, 0.3) is 0 Å². The van der Waals surface area contributed by atoms with Gasteiger partial charge in [0, 0.05) is 25.4 Å². The predicted molar refractivity (Wildman–Crippen MR) is 71.3 cm³/mol. The van der Waals surface area contributed by atoms with Crippen LogP contribution in [-0.4, -0.2) is 31.1 Å². The topological polar surface area (TPSA) is 36.3 Å². The van der Waals surface area contributed by atoms with Gasteiger partial charge in [0.25, 0.3) is 0 Å². The molecule has 1 atom stereocenters. The quantitative estimate of drug-likeness (QED) is 0.799. The molecular weight excluding hydrogens is 224 g/mol. The summed E-state index contributed by atoms with van der Waals surface area (Å²) in [5.74, 6) is 1.55. The number of piperidine rings is 1. The first-order valence-electron chi connectivity index (χ1n) is 6.65. The summed E-state index contributed by atoms with van der Waals surface area (Å²) in [6.45, 7) is 3.88. The molecule has 1 saturated heterocycles. The lowest BCUT2D eigenvalue weighted by Gasteiger charge is -2.32. The molecule has 0 aliphatic carbocycles. The van der Waals surface area contributed by atoms with Crippen molar-refractivity contribution < 1.29 is 4.74 Å². The lowest BCUT2D eigenvalue weighted by atomic mass is 9.99. The monoisotopic (exact) mass is 244 g/mol. The van der Waals surface area contributed by atoms with Gasteiger partial charge in [-0.1, -0.05) is 18.2 Å². The minimum Gasteiger partial charge on any atom is -0.493 e. The van der Waals surface area contributed by atoms with E-state index in [4.69, 9.17) is 10.00 Å². The van der Waals surface area contributed by atoms with E-state index < -0.39 is 0 Å². The van der Waals surface area contributed by atoms with Crippen molar-refractivity contribution in [3.8, 4) is 11.8 Å². The zero-order chi connectivity index (χ0) is 12.6. The number of benzene rings is 1. The summed E-state index contributed by atoms with van der Waals surface area (Å²) in [6, 6.07) is 12.2. The van der Waals surface area contributed by atoms with Crippen LogP contribution in [0.2, 0.25) is 0 Å². The highest BCUT2D eigenvalue weighted by molar-refractivity contribution is 5.20. The first-order valence-corrected chi connectivity index (χ1v) is 6.65. The molecule has 0 radical (unpaired) electrons. The Morgan fingerprint density at radius 3 is 2.94 bits per heavy atom. The SMILES string of the molecule is N#CCCN1CCCC(COc2ccccc2)C1. The van der Waals surface area contributed by atoms with Gasteiger partial charge in [0.05, 0.1) is 12.7 Å². The molecule has 18 heavy (non-hydrogen) atoms. The van der Waals surface area contributed by atoms with Gasteiger partial charge in [-0.05, 0) is 31.5 Å². The Kier molecular flexibility index (Phi) is 5.04. The Balaban J connectivity index is 1.74. The fraction of sp³-hybridized carbons (Fsp3) is 0.533. The fourth-order valence-corrected chi connectivity index (χ4v) is 2.43. The van der Waals surface area contributed by atoms with Gasteiger partial charge in [-0.25, -0.2) is 0 Å². The van der Waals surface area contributed by atoms with Gasteiger partial charge >= 0.3 is 0 Å². The van der Waals surface area contributed by atoms with Gasteiger partial charge in [0.1, 0.15) is 5.75 Å². The number of ether oxygens (including phenoxy) is 1. The number of nitrogens with zero attached hydrogens (tertiary/aromatic N) is 2. The maximum absolute atomic E-state index is 8.61. The molecule has 0 bridgehead atoms. The molecule has 1 aliphatic rings. The Labute approximate surface area is 109 Å². The van der Waals surface area contributed by atoms with Crippen LogP contribution in [0, 0.1) is 17.2 Å². The van der Waals surface area contributed by atoms with Crippen LogP contribution in [0.3, 0.4) is 0 Å². The minimum atomic E-state index is 0.595. The first kappa shape index (κ1) is 12.9. The summed E-state index contributed by atoms with van der Waals surface area (Å²) >= 11 is 0. The molecule has 1 fully saturated rings. The molecule has 0 aromatic heterocycles. The minimum absolute atomic E-state index is 0.595. The molecule has 0 N–H and O–H groups in total. The molecule has 3 nitrogen and oxygen atoms in total. The Morgan fingerprint density at radius 1 is 1.33 bits per heavy atom. The lowest BCUT2D eigenvalue weighted by Crippen LogP contribution is -2.38. The third-order valence-corrected chi connectivity index (χ3v) is 3.37. The molecule has 1 aromatic carbocycles. The largest absolute Gasteiger partial charge is 0.493 e. The summed E-state index contributed by atoms with van der Waals surface area (Å²) in [6.07, 6.45) is 3.08. The second-order valence-corrected chi connectivity index (χ2v) is 4.84. The third-order valence-electron chi connectivity index (χ3n) is 3.37. The molecule has 0 spiro atoms. The molecule has 2 rings (SSSR count). The van der Waals surface area contributed by atoms with Crippen LogP contribution in [-0.2, 0) is 0 Å². The average molecular weight is 244 g/mol. The van der Waals surface area contributed by atoms with Crippen LogP contribution < -0.4 is 4.74 Å². The Bertz CT molecular complexity index is 385. The van der Waals surface area contributed by atoms with Crippen LogP contribution in [0.4, 0.5) is 0 Å². The number of hydrogen-bond acceptors (Lipinski definition) is 3. The molecule has 3 heteroatoms. The van der Waals surface area contributed by atoms with Crippen molar-refractivity contribution in [1.29, 1.82) is 5.26 Å². The lowest BCUT2D eigenvalue weighted by molar-refractivity contribution is 0.132. The van der Waals surface area contributed by atoms with E-state index >= 15 is 0 Å². The summed E-state index contributed by atoms with van der Waals surface area (Å²) in [4.78, 5) is 2.38. The van der Waals surface area contributed by atoms with Gasteiger partial charge in [-0.15, -0.1) is 0 Å². The van der Waals surface area contributed by atoms with Crippen molar-refractivity contribution in [3.05, 3.63) is 30.3 Å². The van der Waals surface area contributed by atoms with E-state index in [-0.39, 0.29) is 0 Å². The molecule has 1 aromatic rings. The van der Waals surface area contributed by atoms with Crippen LogP contribution in [0.1, 0.15) is 19.3 Å². The number of nitriles is 1. The molecule has 0 amide bonds. The fourth-order valence-electron chi connectivity index (χ4n) is 2.43.